The zero-order valence-corrected chi connectivity index (χ0v) is 15.2. The first kappa shape index (κ1) is 19.4. The number of benzene rings is 1. The molecule has 2 rings (SSSR count). The summed E-state index contributed by atoms with van der Waals surface area (Å²) in [6.07, 6.45) is -1.11. The van der Waals surface area contributed by atoms with Gasteiger partial charge >= 0.3 is 12.1 Å². The highest BCUT2D eigenvalue weighted by Crippen LogP contribution is 2.32. The molecule has 1 aliphatic heterocycles. The van der Waals surface area contributed by atoms with Gasteiger partial charge in [0.1, 0.15) is 17.7 Å². The Labute approximate surface area is 151 Å². The minimum Gasteiger partial charge on any atom is -0.493 e. The van der Waals surface area contributed by atoms with E-state index in [0.29, 0.717) is 17.1 Å². The summed E-state index contributed by atoms with van der Waals surface area (Å²) in [7, 11) is 1.45. The highest BCUT2D eigenvalue weighted by atomic mass is 16.6. The molecule has 8 nitrogen and oxygen atoms in total. The van der Waals surface area contributed by atoms with Crippen LogP contribution in [0.1, 0.15) is 32.8 Å². The van der Waals surface area contributed by atoms with Crippen LogP contribution < -0.4 is 9.47 Å². The Bertz CT molecular complexity index is 734. The van der Waals surface area contributed by atoms with E-state index in [1.807, 2.05) is 6.07 Å². The largest absolute Gasteiger partial charge is 0.493 e. The number of carbonyl (C=O) groups excluding carboxylic acids is 1. The van der Waals surface area contributed by atoms with Gasteiger partial charge in [0.05, 0.1) is 25.3 Å². The maximum Gasteiger partial charge on any atom is 0.411 e. The van der Waals surface area contributed by atoms with E-state index in [0.717, 1.165) is 4.90 Å². The second-order valence-corrected chi connectivity index (χ2v) is 6.94. The van der Waals surface area contributed by atoms with Crippen molar-refractivity contribution < 1.29 is 28.9 Å². The van der Waals surface area contributed by atoms with Crippen LogP contribution in [0.15, 0.2) is 18.2 Å². The van der Waals surface area contributed by atoms with Crippen molar-refractivity contribution in [2.45, 2.75) is 44.9 Å². The molecule has 0 radical (unpaired) electrons. The van der Waals surface area contributed by atoms with Crippen molar-refractivity contribution in [3.63, 3.8) is 0 Å². The third-order valence-corrected chi connectivity index (χ3v) is 3.76. The van der Waals surface area contributed by atoms with Crippen molar-refractivity contribution >= 4 is 12.1 Å². The normalized spacial score (nSPS) is 19.6. The second kappa shape index (κ2) is 7.52. The number of carbonyl (C=O) groups is 2. The lowest BCUT2D eigenvalue weighted by molar-refractivity contribution is -0.142. The maximum atomic E-state index is 12.3. The predicted molar refractivity (Wildman–Crippen MR) is 91.1 cm³/mol. The minimum absolute atomic E-state index is 0.0784. The average molecular weight is 362 g/mol. The van der Waals surface area contributed by atoms with Gasteiger partial charge in [0.25, 0.3) is 0 Å². The monoisotopic (exact) mass is 362 g/mol. The molecular formula is C18H22N2O6. The van der Waals surface area contributed by atoms with E-state index in [-0.39, 0.29) is 13.0 Å². The molecule has 140 valence electrons. The first-order valence-electron chi connectivity index (χ1n) is 8.12. The van der Waals surface area contributed by atoms with Gasteiger partial charge in [0.15, 0.2) is 11.5 Å². The molecule has 0 spiro atoms. The number of rotatable bonds is 4. The number of hydrogen-bond donors (Lipinski definition) is 1. The molecule has 1 heterocycles. The molecule has 1 aliphatic rings. The molecule has 1 amide bonds. The van der Waals surface area contributed by atoms with E-state index in [1.54, 1.807) is 32.9 Å². The number of likely N-dealkylation sites (tertiary alicyclic amines) is 1. The van der Waals surface area contributed by atoms with Crippen LogP contribution in [0.5, 0.6) is 11.5 Å². The summed E-state index contributed by atoms with van der Waals surface area (Å²) < 4.78 is 16.3. The lowest BCUT2D eigenvalue weighted by Crippen LogP contribution is -2.43. The van der Waals surface area contributed by atoms with E-state index in [4.69, 9.17) is 19.5 Å². The van der Waals surface area contributed by atoms with Gasteiger partial charge in [0.2, 0.25) is 0 Å². The molecule has 1 fully saturated rings. The Kier molecular flexibility index (Phi) is 5.60. The summed E-state index contributed by atoms with van der Waals surface area (Å²) in [6, 6.07) is 5.67. The average Bonchev–Trinajstić information content (AvgIpc) is 2.98. The number of carboxylic acids is 1. The van der Waals surface area contributed by atoms with Gasteiger partial charge in [-0.1, -0.05) is 0 Å². The summed E-state index contributed by atoms with van der Waals surface area (Å²) in [5.41, 5.74) is -0.311. The van der Waals surface area contributed by atoms with Gasteiger partial charge in [-0.15, -0.1) is 0 Å². The number of nitrogens with zero attached hydrogens (tertiary/aromatic N) is 2. The molecule has 0 unspecified atom stereocenters. The van der Waals surface area contributed by atoms with Crippen molar-refractivity contribution in [1.82, 2.24) is 4.90 Å². The van der Waals surface area contributed by atoms with Crippen molar-refractivity contribution in [3.8, 4) is 17.6 Å². The first-order valence-corrected chi connectivity index (χ1v) is 8.12. The number of methoxy groups -OCH3 is 1. The highest BCUT2D eigenvalue weighted by Gasteiger charge is 2.42. The second-order valence-electron chi connectivity index (χ2n) is 6.94. The number of amides is 1. The number of carboxylic acid groups (broad SMARTS) is 1. The summed E-state index contributed by atoms with van der Waals surface area (Å²) in [6.45, 7) is 5.22. The van der Waals surface area contributed by atoms with Crippen LogP contribution in [0.3, 0.4) is 0 Å². The van der Waals surface area contributed by atoms with E-state index >= 15 is 0 Å². The lowest BCUT2D eigenvalue weighted by Gasteiger charge is -2.26. The Morgan fingerprint density at radius 2 is 2.00 bits per heavy atom. The summed E-state index contributed by atoms with van der Waals surface area (Å²) in [5.74, 6) is -0.368. The van der Waals surface area contributed by atoms with Gasteiger partial charge in [0, 0.05) is 12.5 Å². The van der Waals surface area contributed by atoms with Crippen LogP contribution in [0, 0.1) is 11.3 Å². The van der Waals surface area contributed by atoms with Gasteiger partial charge < -0.3 is 19.3 Å². The number of aliphatic carboxylic acids is 1. The minimum atomic E-state index is -1.12. The molecule has 0 bridgehead atoms. The highest BCUT2D eigenvalue weighted by molar-refractivity contribution is 5.81. The Balaban J connectivity index is 2.16. The Morgan fingerprint density at radius 3 is 2.54 bits per heavy atom. The molecule has 2 atom stereocenters. The van der Waals surface area contributed by atoms with Crippen molar-refractivity contribution in [2.75, 3.05) is 13.7 Å². The van der Waals surface area contributed by atoms with Crippen molar-refractivity contribution in [3.05, 3.63) is 23.8 Å². The van der Waals surface area contributed by atoms with E-state index < -0.39 is 29.8 Å². The van der Waals surface area contributed by atoms with Crippen LogP contribution >= 0.6 is 0 Å². The molecule has 1 aromatic rings. The smallest absolute Gasteiger partial charge is 0.411 e. The van der Waals surface area contributed by atoms with Gasteiger partial charge in [-0.05, 0) is 32.9 Å². The molecule has 1 N–H and O–H groups in total. The fourth-order valence-corrected chi connectivity index (χ4v) is 2.65. The van der Waals surface area contributed by atoms with Crippen LogP contribution in [-0.4, -0.2) is 53.5 Å². The Hall–Kier alpha value is -2.95. The fourth-order valence-electron chi connectivity index (χ4n) is 2.65. The zero-order valence-electron chi connectivity index (χ0n) is 15.2. The number of ether oxygens (including phenoxy) is 3. The SMILES string of the molecule is COc1cc(C#N)ccc1O[C@H]1C[C@@H](C(=O)O)N(C(=O)OC(C)(C)C)C1. The predicted octanol–water partition coefficient (Wildman–Crippen LogP) is 2.41. The van der Waals surface area contributed by atoms with Crippen molar-refractivity contribution in [1.29, 1.82) is 5.26 Å². The first-order chi connectivity index (χ1) is 12.1. The van der Waals surface area contributed by atoms with E-state index in [1.165, 1.54) is 13.2 Å². The van der Waals surface area contributed by atoms with E-state index in [2.05, 4.69) is 0 Å². The third kappa shape index (κ3) is 4.57. The third-order valence-electron chi connectivity index (χ3n) is 3.76. The standard InChI is InChI=1S/C18H22N2O6/c1-18(2,3)26-17(23)20-10-12(8-13(20)16(21)22)25-14-6-5-11(9-19)7-15(14)24-4/h5-7,12-13H,8,10H2,1-4H3,(H,21,22)/t12-,13-/m0/s1. The number of hydrogen-bond acceptors (Lipinski definition) is 6. The summed E-state index contributed by atoms with van der Waals surface area (Å²) in [4.78, 5) is 25.0. The Morgan fingerprint density at radius 1 is 1.31 bits per heavy atom. The van der Waals surface area contributed by atoms with Gasteiger partial charge in [-0.2, -0.15) is 5.26 Å². The van der Waals surface area contributed by atoms with Gasteiger partial charge in [-0.25, -0.2) is 9.59 Å². The maximum absolute atomic E-state index is 12.3. The zero-order chi connectivity index (χ0) is 19.5. The molecule has 1 saturated heterocycles. The topological polar surface area (TPSA) is 109 Å². The van der Waals surface area contributed by atoms with Crippen molar-refractivity contribution in [2.24, 2.45) is 0 Å². The fraction of sp³-hybridized carbons (Fsp3) is 0.500. The van der Waals surface area contributed by atoms with Crippen LogP contribution in [0.25, 0.3) is 0 Å². The van der Waals surface area contributed by atoms with E-state index in [9.17, 15) is 14.7 Å². The number of nitriles is 1. The molecule has 0 aliphatic carbocycles. The molecule has 0 saturated carbocycles. The molecule has 26 heavy (non-hydrogen) atoms. The summed E-state index contributed by atoms with van der Waals surface area (Å²) >= 11 is 0. The van der Waals surface area contributed by atoms with Crippen LogP contribution in [-0.2, 0) is 9.53 Å². The summed E-state index contributed by atoms with van der Waals surface area (Å²) in [5, 5.41) is 18.4. The molecule has 1 aromatic carbocycles. The molecular weight excluding hydrogens is 340 g/mol. The van der Waals surface area contributed by atoms with Gasteiger partial charge in [-0.3, -0.25) is 4.90 Å². The van der Waals surface area contributed by atoms with Crippen LogP contribution in [0.2, 0.25) is 0 Å². The quantitative estimate of drug-likeness (QED) is 0.876. The molecule has 0 aromatic heterocycles. The molecule has 8 heteroatoms. The van der Waals surface area contributed by atoms with Crippen LogP contribution in [0.4, 0.5) is 4.79 Å². The lowest BCUT2D eigenvalue weighted by atomic mass is 10.2.